The maximum absolute atomic E-state index is 13.4. The molecule has 0 radical (unpaired) electrons. The van der Waals surface area contributed by atoms with Crippen molar-refractivity contribution in [1.82, 2.24) is 0 Å². The zero-order valence-corrected chi connectivity index (χ0v) is 28.8. The van der Waals surface area contributed by atoms with Gasteiger partial charge in [0.1, 0.15) is 45.6 Å². The third kappa shape index (κ3) is 6.30. The van der Waals surface area contributed by atoms with Crippen molar-refractivity contribution in [3.8, 4) is 28.7 Å². The lowest BCUT2D eigenvalue weighted by Crippen LogP contribution is -2.47. The first-order valence-corrected chi connectivity index (χ1v) is 15.1. The zero-order chi connectivity index (χ0) is 37.6. The number of aromatic carboxylic acids is 1. The monoisotopic (exact) mass is 688 g/mol. The van der Waals surface area contributed by atoms with Crippen LogP contribution in [-0.2, 0) is 14.3 Å². The minimum atomic E-state index is -2.42. The number of benzene rings is 3. The summed E-state index contributed by atoms with van der Waals surface area (Å²) in [5, 5.41) is 42.6. The van der Waals surface area contributed by atoms with Gasteiger partial charge in [0.05, 0.1) is 12.7 Å². The standard InChI is InChI=1S/C37H36O13/c1-15-10-25(18(4)20(6)29(15)33(41)42)48-34(43)30-16(2)11-26(22(8)32(30)40)49-35(44)31-21(7)19(5)27(14-24(31)39)50-36(45)37(46)17(3)12-23(38)13-28(37)47-9/h10-14,39-40,46H,1-9H3,(H,41,42)/t37-/m1/s1. The first kappa shape index (κ1) is 36.9. The molecular formula is C37H36O13. The van der Waals surface area contributed by atoms with Gasteiger partial charge in [-0.15, -0.1) is 0 Å². The number of carboxylic acid groups (broad SMARTS) is 1. The summed E-state index contributed by atoms with van der Waals surface area (Å²) in [6.45, 7) is 12.0. The molecule has 3 aromatic rings. The average Bonchev–Trinajstić information content (AvgIpc) is 3.02. The number of rotatable bonds is 8. The van der Waals surface area contributed by atoms with Crippen molar-refractivity contribution in [3.63, 3.8) is 0 Å². The van der Waals surface area contributed by atoms with E-state index in [4.69, 9.17) is 18.9 Å². The molecule has 0 bridgehead atoms. The molecule has 4 N–H and O–H groups in total. The molecule has 0 amide bonds. The van der Waals surface area contributed by atoms with Gasteiger partial charge in [-0.2, -0.15) is 0 Å². The maximum Gasteiger partial charge on any atom is 0.356 e. The van der Waals surface area contributed by atoms with E-state index < -0.39 is 46.8 Å². The van der Waals surface area contributed by atoms with Gasteiger partial charge in [0, 0.05) is 17.7 Å². The molecule has 1 aliphatic rings. The number of hydrogen-bond donors (Lipinski definition) is 4. The summed E-state index contributed by atoms with van der Waals surface area (Å²) in [5.41, 5.74) is -1.06. The summed E-state index contributed by atoms with van der Waals surface area (Å²) in [6, 6.07) is 3.75. The normalized spacial score (nSPS) is 15.5. The van der Waals surface area contributed by atoms with E-state index in [9.17, 15) is 44.4 Å². The molecule has 3 aromatic carbocycles. The van der Waals surface area contributed by atoms with Gasteiger partial charge in [0.2, 0.25) is 5.60 Å². The van der Waals surface area contributed by atoms with Gasteiger partial charge >= 0.3 is 23.9 Å². The second-order valence-corrected chi connectivity index (χ2v) is 12.0. The SMILES string of the molecule is COC1=CC(=O)C=C(C)[C@]1(O)C(=O)Oc1cc(O)c(C(=O)Oc2cc(C)c(C(=O)Oc3cc(C)c(C(=O)O)c(C)c3C)c(O)c2C)c(C)c1C. The summed E-state index contributed by atoms with van der Waals surface area (Å²) in [6.07, 6.45) is 2.00. The summed E-state index contributed by atoms with van der Waals surface area (Å²) in [7, 11) is 1.17. The predicted octanol–water partition coefficient (Wildman–Crippen LogP) is 5.09. The molecule has 0 aromatic heterocycles. The Hall–Kier alpha value is -5.95. The minimum Gasteiger partial charge on any atom is -0.507 e. The number of carbonyl (C=O) groups is 5. The Bertz CT molecular complexity index is 2080. The number of esters is 3. The summed E-state index contributed by atoms with van der Waals surface area (Å²) >= 11 is 0. The van der Waals surface area contributed by atoms with Gasteiger partial charge in [-0.25, -0.2) is 19.2 Å². The van der Waals surface area contributed by atoms with Gasteiger partial charge < -0.3 is 39.4 Å². The fourth-order valence-corrected chi connectivity index (χ4v) is 5.68. The summed E-state index contributed by atoms with van der Waals surface area (Å²) in [5.74, 6) is -6.51. The fraction of sp³-hybridized carbons (Fsp3) is 0.270. The third-order valence-electron chi connectivity index (χ3n) is 8.89. The lowest BCUT2D eigenvalue weighted by atomic mass is 9.87. The lowest BCUT2D eigenvalue weighted by Gasteiger charge is -2.30. The van der Waals surface area contributed by atoms with Crippen LogP contribution in [0.2, 0.25) is 0 Å². The highest BCUT2D eigenvalue weighted by Crippen LogP contribution is 2.39. The second-order valence-electron chi connectivity index (χ2n) is 12.0. The number of ether oxygens (including phenoxy) is 4. The quantitative estimate of drug-likeness (QED) is 0.180. The van der Waals surface area contributed by atoms with Crippen LogP contribution in [-0.4, -0.2) is 62.8 Å². The lowest BCUT2D eigenvalue weighted by molar-refractivity contribution is -0.151. The Morgan fingerprint density at radius 2 is 1.12 bits per heavy atom. The number of methoxy groups -OCH3 is 1. The number of carbonyl (C=O) groups excluding carboxylic acids is 4. The summed E-state index contributed by atoms with van der Waals surface area (Å²) < 4.78 is 21.6. The molecule has 262 valence electrons. The zero-order valence-electron chi connectivity index (χ0n) is 28.8. The molecule has 50 heavy (non-hydrogen) atoms. The molecule has 4 rings (SSSR count). The van der Waals surface area contributed by atoms with Gasteiger partial charge in [-0.3, -0.25) is 4.79 Å². The Morgan fingerprint density at radius 3 is 1.66 bits per heavy atom. The largest absolute Gasteiger partial charge is 0.507 e. The molecule has 0 saturated heterocycles. The topological polar surface area (TPSA) is 203 Å². The van der Waals surface area contributed by atoms with Crippen LogP contribution in [0.3, 0.4) is 0 Å². The van der Waals surface area contributed by atoms with Gasteiger partial charge in [-0.1, -0.05) is 0 Å². The molecule has 0 aliphatic heterocycles. The summed E-state index contributed by atoms with van der Waals surface area (Å²) in [4.78, 5) is 63.4. The van der Waals surface area contributed by atoms with Crippen molar-refractivity contribution in [2.75, 3.05) is 7.11 Å². The smallest absolute Gasteiger partial charge is 0.356 e. The first-order chi connectivity index (χ1) is 23.3. The van der Waals surface area contributed by atoms with E-state index in [0.29, 0.717) is 16.7 Å². The Morgan fingerprint density at radius 1 is 0.640 bits per heavy atom. The maximum atomic E-state index is 13.4. The number of aryl methyl sites for hydroxylation is 2. The molecule has 1 aliphatic carbocycles. The number of allylic oxidation sites excluding steroid dienone is 2. The van der Waals surface area contributed by atoms with Crippen molar-refractivity contribution in [2.45, 2.75) is 61.0 Å². The van der Waals surface area contributed by atoms with Crippen molar-refractivity contribution >= 4 is 29.7 Å². The van der Waals surface area contributed by atoms with E-state index >= 15 is 0 Å². The average molecular weight is 689 g/mol. The van der Waals surface area contributed by atoms with E-state index in [1.807, 2.05) is 0 Å². The van der Waals surface area contributed by atoms with E-state index in [1.54, 1.807) is 20.8 Å². The molecule has 0 spiro atoms. The highest BCUT2D eigenvalue weighted by atomic mass is 16.6. The number of phenolic OH excluding ortho intramolecular Hbond substituents is 2. The Labute approximate surface area is 287 Å². The van der Waals surface area contributed by atoms with Crippen LogP contribution < -0.4 is 14.2 Å². The van der Waals surface area contributed by atoms with Crippen molar-refractivity contribution in [1.29, 1.82) is 0 Å². The minimum absolute atomic E-state index is 0.00487. The second kappa shape index (κ2) is 13.5. The van der Waals surface area contributed by atoms with Crippen molar-refractivity contribution in [3.05, 3.63) is 97.3 Å². The number of aliphatic hydroxyl groups is 1. The molecule has 1 atom stereocenters. The van der Waals surface area contributed by atoms with E-state index in [-0.39, 0.29) is 67.5 Å². The molecule has 0 saturated carbocycles. The van der Waals surface area contributed by atoms with Crippen LogP contribution in [0, 0.1) is 48.5 Å². The third-order valence-corrected chi connectivity index (χ3v) is 8.89. The van der Waals surface area contributed by atoms with Gasteiger partial charge in [0.15, 0.2) is 5.78 Å². The van der Waals surface area contributed by atoms with Crippen LogP contribution in [0.15, 0.2) is 41.7 Å². The highest BCUT2D eigenvalue weighted by Gasteiger charge is 2.48. The van der Waals surface area contributed by atoms with Crippen molar-refractivity contribution in [2.24, 2.45) is 0 Å². The van der Waals surface area contributed by atoms with Crippen molar-refractivity contribution < 1.29 is 63.3 Å². The molecule has 13 heteroatoms. The van der Waals surface area contributed by atoms with Crippen LogP contribution in [0.25, 0.3) is 0 Å². The number of aromatic hydroxyl groups is 2. The molecule has 13 nitrogen and oxygen atoms in total. The first-order valence-electron chi connectivity index (χ1n) is 15.1. The van der Waals surface area contributed by atoms with Crippen LogP contribution in [0.4, 0.5) is 0 Å². The van der Waals surface area contributed by atoms with Crippen LogP contribution in [0.1, 0.15) is 76.9 Å². The van der Waals surface area contributed by atoms with Crippen LogP contribution in [0.5, 0.6) is 28.7 Å². The van der Waals surface area contributed by atoms with E-state index in [2.05, 4.69) is 0 Å². The number of hydrogen-bond acceptors (Lipinski definition) is 12. The Balaban J connectivity index is 1.61. The Kier molecular flexibility index (Phi) is 9.97. The van der Waals surface area contributed by atoms with Crippen LogP contribution >= 0.6 is 0 Å². The fourth-order valence-electron chi connectivity index (χ4n) is 5.68. The molecule has 0 fully saturated rings. The van der Waals surface area contributed by atoms with E-state index in [1.165, 1.54) is 53.9 Å². The number of carboxylic acids is 1. The number of ketones is 1. The van der Waals surface area contributed by atoms with E-state index in [0.717, 1.165) is 18.2 Å². The molecular weight excluding hydrogens is 652 g/mol. The highest BCUT2D eigenvalue weighted by molar-refractivity contribution is 6.06. The molecule has 0 heterocycles. The van der Waals surface area contributed by atoms with Gasteiger partial charge in [-0.05, 0) is 113 Å². The molecule has 0 unspecified atom stereocenters. The predicted molar refractivity (Wildman–Crippen MR) is 177 cm³/mol. The van der Waals surface area contributed by atoms with Gasteiger partial charge in [0.25, 0.3) is 0 Å². The number of phenols is 2.